The maximum Gasteiger partial charge on any atom is 0.253 e. The minimum atomic E-state index is -1.62. The number of hydrogen-bond donors (Lipinski definition) is 7. The Kier molecular flexibility index (Phi) is 35.9. The molecule has 0 saturated carbocycles. The largest absolute Gasteiger partial charge is 0.394 e. The molecule has 0 aromatic carbocycles. The van der Waals surface area contributed by atoms with Crippen LogP contribution in [0.1, 0.15) is 200 Å². The lowest BCUT2D eigenvalue weighted by Crippen LogP contribution is -2.60. The van der Waals surface area contributed by atoms with Gasteiger partial charge in [0.05, 0.1) is 25.4 Å². The Hall–Kier alpha value is -1.63. The third-order valence-electron chi connectivity index (χ3n) is 11.3. The second-order valence-electron chi connectivity index (χ2n) is 16.7. The molecular formula is C48H89NO9. The maximum absolute atomic E-state index is 13.0. The summed E-state index contributed by atoms with van der Waals surface area (Å²) in [4.78, 5) is 13.0. The van der Waals surface area contributed by atoms with Gasteiger partial charge in [-0.3, -0.25) is 4.79 Å². The van der Waals surface area contributed by atoms with Crippen molar-refractivity contribution in [2.45, 2.75) is 249 Å². The van der Waals surface area contributed by atoms with Crippen LogP contribution in [0.4, 0.5) is 0 Å². The SMILES string of the molecule is CCCCCCCCCC=CCCC=CC(O)C(COC1OC(CO)C(O)C(O)C1O)NC(=O)C(O)C=CCCCCCCCCCCCCCCCCCCCC. The van der Waals surface area contributed by atoms with Crippen molar-refractivity contribution in [2.24, 2.45) is 0 Å². The van der Waals surface area contributed by atoms with E-state index in [4.69, 9.17) is 9.47 Å². The third kappa shape index (κ3) is 28.0. The van der Waals surface area contributed by atoms with Crippen LogP contribution in [0.2, 0.25) is 0 Å². The Bertz CT molecular complexity index is 1020. The Morgan fingerprint density at radius 3 is 1.47 bits per heavy atom. The van der Waals surface area contributed by atoms with E-state index in [1.54, 1.807) is 6.08 Å². The normalized spacial score (nSPS) is 21.7. The highest BCUT2D eigenvalue weighted by Gasteiger charge is 2.44. The molecule has 0 aromatic heterocycles. The highest BCUT2D eigenvalue weighted by Crippen LogP contribution is 2.22. The van der Waals surface area contributed by atoms with Crippen molar-refractivity contribution in [3.8, 4) is 0 Å². The molecule has 1 fully saturated rings. The number of allylic oxidation sites excluding steroid dienone is 4. The van der Waals surface area contributed by atoms with Gasteiger partial charge in [0, 0.05) is 0 Å². The number of carbonyl (C=O) groups is 1. The Balaban J connectivity index is 2.41. The molecule has 1 rings (SSSR count). The van der Waals surface area contributed by atoms with Crippen molar-refractivity contribution in [1.82, 2.24) is 5.32 Å². The maximum atomic E-state index is 13.0. The van der Waals surface area contributed by atoms with Crippen molar-refractivity contribution in [2.75, 3.05) is 13.2 Å². The van der Waals surface area contributed by atoms with Gasteiger partial charge in [0.1, 0.15) is 24.4 Å². The quantitative estimate of drug-likeness (QED) is 0.0236. The predicted octanol–water partition coefficient (Wildman–Crippen LogP) is 9.03. The molecule has 0 spiro atoms. The second kappa shape index (κ2) is 38.3. The molecule has 340 valence electrons. The monoisotopic (exact) mass is 824 g/mol. The predicted molar refractivity (Wildman–Crippen MR) is 236 cm³/mol. The van der Waals surface area contributed by atoms with Gasteiger partial charge in [-0.05, 0) is 38.5 Å². The fourth-order valence-electron chi connectivity index (χ4n) is 7.39. The zero-order chi connectivity index (χ0) is 42.5. The summed E-state index contributed by atoms with van der Waals surface area (Å²) in [6.07, 6.45) is 37.0. The molecule has 10 heteroatoms. The lowest BCUT2D eigenvalue weighted by Gasteiger charge is -2.40. The number of unbranched alkanes of at least 4 members (excludes halogenated alkanes) is 26. The van der Waals surface area contributed by atoms with Crippen molar-refractivity contribution in [1.29, 1.82) is 0 Å². The summed E-state index contributed by atoms with van der Waals surface area (Å²) in [5, 5.41) is 64.5. The number of hydrogen-bond acceptors (Lipinski definition) is 9. The van der Waals surface area contributed by atoms with E-state index in [0.29, 0.717) is 6.42 Å². The molecule has 0 radical (unpaired) electrons. The van der Waals surface area contributed by atoms with Crippen molar-refractivity contribution in [3.63, 3.8) is 0 Å². The Labute approximate surface area is 354 Å². The van der Waals surface area contributed by atoms with Crippen molar-refractivity contribution < 1.29 is 44.9 Å². The van der Waals surface area contributed by atoms with Crippen LogP contribution < -0.4 is 5.32 Å². The lowest BCUT2D eigenvalue weighted by molar-refractivity contribution is -0.302. The van der Waals surface area contributed by atoms with Gasteiger partial charge in [0.25, 0.3) is 5.91 Å². The fourth-order valence-corrected chi connectivity index (χ4v) is 7.39. The topological polar surface area (TPSA) is 169 Å². The molecule has 10 nitrogen and oxygen atoms in total. The number of rotatable bonds is 39. The van der Waals surface area contributed by atoms with Crippen LogP contribution in [0, 0.1) is 0 Å². The van der Waals surface area contributed by atoms with Crippen molar-refractivity contribution in [3.05, 3.63) is 36.5 Å². The second-order valence-corrected chi connectivity index (χ2v) is 16.7. The number of nitrogens with one attached hydrogen (secondary N) is 1. The highest BCUT2D eigenvalue weighted by atomic mass is 16.7. The molecule has 8 unspecified atom stereocenters. The number of ether oxygens (including phenoxy) is 2. The van der Waals surface area contributed by atoms with E-state index in [-0.39, 0.29) is 6.61 Å². The van der Waals surface area contributed by atoms with Gasteiger partial charge in [0.2, 0.25) is 0 Å². The van der Waals surface area contributed by atoms with Crippen LogP contribution in [0.25, 0.3) is 0 Å². The van der Waals surface area contributed by atoms with E-state index in [1.165, 1.54) is 154 Å². The minimum absolute atomic E-state index is 0.339. The van der Waals surface area contributed by atoms with Gasteiger partial charge in [-0.1, -0.05) is 198 Å². The first kappa shape index (κ1) is 54.4. The van der Waals surface area contributed by atoms with Crippen LogP contribution in [-0.4, -0.2) is 98.7 Å². The van der Waals surface area contributed by atoms with Gasteiger partial charge in [-0.2, -0.15) is 0 Å². The summed E-state index contributed by atoms with van der Waals surface area (Å²) in [6.45, 7) is 3.55. The molecule has 0 aromatic rings. The number of carbonyl (C=O) groups excluding carboxylic acids is 1. The average molecular weight is 824 g/mol. The summed E-state index contributed by atoms with van der Waals surface area (Å²) in [5.41, 5.74) is 0. The Morgan fingerprint density at radius 1 is 0.569 bits per heavy atom. The molecule has 58 heavy (non-hydrogen) atoms. The average Bonchev–Trinajstić information content (AvgIpc) is 3.22. The smallest absolute Gasteiger partial charge is 0.253 e. The zero-order valence-electron chi connectivity index (χ0n) is 36.9. The Morgan fingerprint density at radius 2 is 0.983 bits per heavy atom. The van der Waals surface area contributed by atoms with Crippen LogP contribution >= 0.6 is 0 Å². The van der Waals surface area contributed by atoms with E-state index in [1.807, 2.05) is 12.2 Å². The van der Waals surface area contributed by atoms with E-state index in [9.17, 15) is 35.4 Å². The molecule has 1 aliphatic rings. The zero-order valence-corrected chi connectivity index (χ0v) is 36.9. The first-order chi connectivity index (χ1) is 28.3. The highest BCUT2D eigenvalue weighted by molar-refractivity contribution is 5.82. The molecular weight excluding hydrogens is 735 g/mol. The molecule has 0 bridgehead atoms. The van der Waals surface area contributed by atoms with E-state index in [2.05, 4.69) is 31.3 Å². The molecule has 1 heterocycles. The number of amides is 1. The number of aliphatic hydroxyl groups is 6. The van der Waals surface area contributed by atoms with Gasteiger partial charge in [-0.15, -0.1) is 0 Å². The molecule has 1 amide bonds. The van der Waals surface area contributed by atoms with Crippen LogP contribution in [0.5, 0.6) is 0 Å². The number of aliphatic hydroxyl groups excluding tert-OH is 6. The molecule has 8 atom stereocenters. The molecule has 1 aliphatic heterocycles. The molecule has 0 aliphatic carbocycles. The standard InChI is InChI=1S/C48H89NO9/c1-3-5-7-9-11-13-15-17-18-19-20-21-22-23-25-27-29-31-33-35-37-42(52)47(56)49-40(39-57-48-46(55)45(54)44(53)43(38-50)58-48)41(51)36-34-32-30-28-26-24-16-14-12-10-8-6-4-2/h26,28,34-37,40-46,48,50-55H,3-25,27,29-33,38-39H2,1-2H3,(H,49,56). The third-order valence-corrected chi connectivity index (χ3v) is 11.3. The summed E-state index contributed by atoms with van der Waals surface area (Å²) >= 11 is 0. The van der Waals surface area contributed by atoms with E-state index in [0.717, 1.165) is 32.1 Å². The van der Waals surface area contributed by atoms with E-state index < -0.39 is 61.5 Å². The van der Waals surface area contributed by atoms with Crippen molar-refractivity contribution >= 4 is 5.91 Å². The van der Waals surface area contributed by atoms with Gasteiger partial charge in [0.15, 0.2) is 12.4 Å². The van der Waals surface area contributed by atoms with Gasteiger partial charge < -0.3 is 45.4 Å². The summed E-state index contributed by atoms with van der Waals surface area (Å²) in [7, 11) is 0. The fraction of sp³-hybridized carbons (Fsp3) is 0.854. The molecule has 1 saturated heterocycles. The van der Waals surface area contributed by atoms with Gasteiger partial charge >= 0.3 is 0 Å². The lowest BCUT2D eigenvalue weighted by atomic mass is 9.99. The minimum Gasteiger partial charge on any atom is -0.394 e. The summed E-state index contributed by atoms with van der Waals surface area (Å²) in [5.74, 6) is -0.711. The molecule has 7 N–H and O–H groups in total. The van der Waals surface area contributed by atoms with E-state index >= 15 is 0 Å². The first-order valence-electron chi connectivity index (χ1n) is 23.8. The van der Waals surface area contributed by atoms with Crippen LogP contribution in [-0.2, 0) is 14.3 Å². The van der Waals surface area contributed by atoms with Crippen LogP contribution in [0.15, 0.2) is 36.5 Å². The van der Waals surface area contributed by atoms with Gasteiger partial charge in [-0.25, -0.2) is 0 Å². The summed E-state index contributed by atoms with van der Waals surface area (Å²) < 4.78 is 11.1. The van der Waals surface area contributed by atoms with Crippen LogP contribution in [0.3, 0.4) is 0 Å². The summed E-state index contributed by atoms with van der Waals surface area (Å²) in [6, 6.07) is -1.03. The first-order valence-corrected chi connectivity index (χ1v) is 23.8.